The summed E-state index contributed by atoms with van der Waals surface area (Å²) in [5.41, 5.74) is 3.87. The summed E-state index contributed by atoms with van der Waals surface area (Å²) in [6.45, 7) is 4.44. The second-order valence-electron chi connectivity index (χ2n) is 6.48. The van der Waals surface area contributed by atoms with Gasteiger partial charge in [-0.2, -0.15) is 0 Å². The SMILES string of the molecule is Cc1nc(COc2ccc(/C=C/C(=O)Nc3nc4c(C)cccc4s3)cc2)cs1. The second-order valence-corrected chi connectivity index (χ2v) is 8.57. The molecule has 0 aliphatic rings. The van der Waals surface area contributed by atoms with Gasteiger partial charge in [-0.1, -0.05) is 35.6 Å². The van der Waals surface area contributed by atoms with Gasteiger partial charge in [0.1, 0.15) is 12.4 Å². The van der Waals surface area contributed by atoms with Gasteiger partial charge in [0.25, 0.3) is 0 Å². The van der Waals surface area contributed by atoms with Gasteiger partial charge in [0, 0.05) is 11.5 Å². The lowest BCUT2D eigenvalue weighted by Gasteiger charge is -2.04. The van der Waals surface area contributed by atoms with Crippen LogP contribution in [0.5, 0.6) is 5.75 Å². The maximum absolute atomic E-state index is 12.2. The van der Waals surface area contributed by atoms with E-state index in [1.807, 2.05) is 61.7 Å². The fourth-order valence-corrected chi connectivity index (χ4v) is 4.31. The lowest BCUT2D eigenvalue weighted by Crippen LogP contribution is -2.07. The van der Waals surface area contributed by atoms with E-state index in [4.69, 9.17) is 4.74 Å². The Kier molecular flexibility index (Phi) is 5.69. The monoisotopic (exact) mass is 421 g/mol. The standard InChI is InChI=1S/C22H19N3O2S2/c1-14-4-3-5-19-21(14)25-22(29-19)24-20(26)11-8-16-6-9-18(10-7-16)27-12-17-13-28-15(2)23-17/h3-11,13H,12H2,1-2H3,(H,24,25,26)/b11-8+. The zero-order valence-corrected chi connectivity index (χ0v) is 17.6. The van der Waals surface area contributed by atoms with Crippen LogP contribution in [0.3, 0.4) is 0 Å². The molecule has 7 heteroatoms. The summed E-state index contributed by atoms with van der Waals surface area (Å²) < 4.78 is 6.80. The predicted octanol–water partition coefficient (Wildman–Crippen LogP) is 5.60. The number of carbonyl (C=O) groups excluding carboxylic acids is 1. The first-order chi connectivity index (χ1) is 14.1. The van der Waals surface area contributed by atoms with Crippen molar-refractivity contribution < 1.29 is 9.53 Å². The second kappa shape index (κ2) is 8.55. The van der Waals surface area contributed by atoms with Crippen LogP contribution < -0.4 is 10.1 Å². The van der Waals surface area contributed by atoms with E-state index in [0.717, 1.165) is 37.8 Å². The van der Waals surface area contributed by atoms with Gasteiger partial charge in [-0.25, -0.2) is 9.97 Å². The van der Waals surface area contributed by atoms with Crippen LogP contribution in [0, 0.1) is 13.8 Å². The van der Waals surface area contributed by atoms with Crippen molar-refractivity contribution in [3.05, 3.63) is 75.7 Å². The Balaban J connectivity index is 1.34. The highest BCUT2D eigenvalue weighted by Crippen LogP contribution is 2.27. The number of fused-ring (bicyclic) bond motifs is 1. The van der Waals surface area contributed by atoms with E-state index in [9.17, 15) is 4.79 Å². The van der Waals surface area contributed by atoms with Crippen LogP contribution in [0.1, 0.15) is 21.8 Å². The Morgan fingerprint density at radius 3 is 2.69 bits per heavy atom. The van der Waals surface area contributed by atoms with Crippen LogP contribution in [0.4, 0.5) is 5.13 Å². The third-order valence-corrected chi connectivity index (χ3v) is 5.97. The van der Waals surface area contributed by atoms with Crippen molar-refractivity contribution in [2.45, 2.75) is 20.5 Å². The third kappa shape index (κ3) is 4.88. The van der Waals surface area contributed by atoms with Gasteiger partial charge in [0.15, 0.2) is 5.13 Å². The number of aryl methyl sites for hydroxylation is 2. The molecule has 0 bridgehead atoms. The number of nitrogens with one attached hydrogen (secondary N) is 1. The molecule has 1 amide bonds. The average molecular weight is 422 g/mol. The van der Waals surface area contributed by atoms with Crippen LogP contribution in [-0.2, 0) is 11.4 Å². The number of thiazole rings is 2. The van der Waals surface area contributed by atoms with E-state index in [0.29, 0.717) is 11.7 Å². The number of anilines is 1. The van der Waals surface area contributed by atoms with E-state index < -0.39 is 0 Å². The molecule has 29 heavy (non-hydrogen) atoms. The molecule has 0 atom stereocenters. The summed E-state index contributed by atoms with van der Waals surface area (Å²) in [5, 5.41) is 6.46. The van der Waals surface area contributed by atoms with Crippen LogP contribution >= 0.6 is 22.7 Å². The number of rotatable bonds is 6. The van der Waals surface area contributed by atoms with Gasteiger partial charge < -0.3 is 4.74 Å². The summed E-state index contributed by atoms with van der Waals surface area (Å²) in [6.07, 6.45) is 3.27. The van der Waals surface area contributed by atoms with E-state index in [1.165, 1.54) is 17.4 Å². The quantitative estimate of drug-likeness (QED) is 0.412. The first kappa shape index (κ1) is 19.3. The Morgan fingerprint density at radius 1 is 1.14 bits per heavy atom. The molecule has 0 aliphatic carbocycles. The average Bonchev–Trinajstić information content (AvgIpc) is 3.32. The Morgan fingerprint density at radius 2 is 1.97 bits per heavy atom. The summed E-state index contributed by atoms with van der Waals surface area (Å²) in [6, 6.07) is 13.6. The summed E-state index contributed by atoms with van der Waals surface area (Å²) >= 11 is 3.08. The third-order valence-electron chi connectivity index (χ3n) is 4.21. The van der Waals surface area contributed by atoms with Crippen molar-refractivity contribution in [1.82, 2.24) is 9.97 Å². The molecule has 4 rings (SSSR count). The molecule has 0 aliphatic heterocycles. The molecule has 0 saturated heterocycles. The molecule has 1 N–H and O–H groups in total. The number of para-hydroxylation sites is 1. The van der Waals surface area contributed by atoms with Gasteiger partial charge in [0.2, 0.25) is 5.91 Å². The lowest BCUT2D eigenvalue weighted by molar-refractivity contribution is -0.111. The molecule has 2 aromatic carbocycles. The Hall–Kier alpha value is -3.03. The molecule has 0 unspecified atom stereocenters. The minimum absolute atomic E-state index is 0.207. The largest absolute Gasteiger partial charge is 0.487 e. The summed E-state index contributed by atoms with van der Waals surface area (Å²) in [4.78, 5) is 21.1. The molecular formula is C22H19N3O2S2. The number of amides is 1. The highest BCUT2D eigenvalue weighted by atomic mass is 32.1. The highest BCUT2D eigenvalue weighted by Gasteiger charge is 2.07. The molecule has 5 nitrogen and oxygen atoms in total. The first-order valence-corrected chi connectivity index (χ1v) is 10.8. The van der Waals surface area contributed by atoms with Crippen LogP contribution in [0.2, 0.25) is 0 Å². The number of hydrogen-bond donors (Lipinski definition) is 1. The van der Waals surface area contributed by atoms with Crippen molar-refractivity contribution in [2.24, 2.45) is 0 Å². The molecule has 0 spiro atoms. The summed E-state index contributed by atoms with van der Waals surface area (Å²) in [5.74, 6) is 0.558. The van der Waals surface area contributed by atoms with Gasteiger partial charge >= 0.3 is 0 Å². The topological polar surface area (TPSA) is 64.1 Å². The first-order valence-electron chi connectivity index (χ1n) is 9.06. The maximum Gasteiger partial charge on any atom is 0.250 e. The van der Waals surface area contributed by atoms with Gasteiger partial charge in [0.05, 0.1) is 20.9 Å². The fraction of sp³-hybridized carbons (Fsp3) is 0.136. The van der Waals surface area contributed by atoms with Crippen molar-refractivity contribution >= 4 is 50.0 Å². The van der Waals surface area contributed by atoms with Gasteiger partial charge in [-0.3, -0.25) is 10.1 Å². The van der Waals surface area contributed by atoms with E-state index >= 15 is 0 Å². The van der Waals surface area contributed by atoms with Crippen LogP contribution in [0.25, 0.3) is 16.3 Å². The number of benzene rings is 2. The number of nitrogens with zero attached hydrogens (tertiary/aromatic N) is 2. The van der Waals surface area contributed by atoms with Crippen molar-refractivity contribution in [2.75, 3.05) is 5.32 Å². The van der Waals surface area contributed by atoms with Gasteiger partial charge in [-0.05, 0) is 49.2 Å². The Bertz CT molecular complexity index is 1180. The molecule has 2 heterocycles. The van der Waals surface area contributed by atoms with Gasteiger partial charge in [-0.15, -0.1) is 11.3 Å². The minimum Gasteiger partial charge on any atom is -0.487 e. The van der Waals surface area contributed by atoms with E-state index in [2.05, 4.69) is 15.3 Å². The predicted molar refractivity (Wildman–Crippen MR) is 120 cm³/mol. The van der Waals surface area contributed by atoms with Crippen LogP contribution in [-0.4, -0.2) is 15.9 Å². The zero-order chi connectivity index (χ0) is 20.2. The number of hydrogen-bond acceptors (Lipinski definition) is 6. The smallest absolute Gasteiger partial charge is 0.250 e. The molecular weight excluding hydrogens is 402 g/mol. The van der Waals surface area contributed by atoms with E-state index in [1.54, 1.807) is 17.4 Å². The number of aromatic nitrogens is 2. The number of ether oxygens (including phenoxy) is 1. The zero-order valence-electron chi connectivity index (χ0n) is 16.0. The normalized spacial score (nSPS) is 11.2. The molecule has 146 valence electrons. The molecule has 2 aromatic heterocycles. The highest BCUT2D eigenvalue weighted by molar-refractivity contribution is 7.22. The fourth-order valence-electron chi connectivity index (χ4n) is 2.77. The molecule has 0 saturated carbocycles. The lowest BCUT2D eigenvalue weighted by atomic mass is 10.2. The van der Waals surface area contributed by atoms with Crippen molar-refractivity contribution in [3.63, 3.8) is 0 Å². The number of carbonyl (C=O) groups is 1. The van der Waals surface area contributed by atoms with Crippen molar-refractivity contribution in [3.8, 4) is 5.75 Å². The molecule has 4 aromatic rings. The van der Waals surface area contributed by atoms with Crippen LogP contribution in [0.15, 0.2) is 53.9 Å². The molecule has 0 radical (unpaired) electrons. The molecule has 0 fully saturated rings. The maximum atomic E-state index is 12.2. The van der Waals surface area contributed by atoms with Crippen molar-refractivity contribution in [1.29, 1.82) is 0 Å². The van der Waals surface area contributed by atoms with E-state index in [-0.39, 0.29) is 5.91 Å². The Labute approximate surface area is 176 Å². The minimum atomic E-state index is -0.207. The summed E-state index contributed by atoms with van der Waals surface area (Å²) in [7, 11) is 0.